The highest BCUT2D eigenvalue weighted by Gasteiger charge is 2.46. The third-order valence-electron chi connectivity index (χ3n) is 6.53. The number of aliphatic hydroxyl groups excluding tert-OH is 1. The van der Waals surface area contributed by atoms with Gasteiger partial charge in [0.25, 0.3) is 17.4 Å². The van der Waals surface area contributed by atoms with Gasteiger partial charge in [0.1, 0.15) is 11.5 Å². The van der Waals surface area contributed by atoms with Gasteiger partial charge in [-0.25, -0.2) is 0 Å². The molecule has 2 saturated heterocycles. The number of hydrogen-bond acceptors (Lipinski definition) is 8. The summed E-state index contributed by atoms with van der Waals surface area (Å²) in [6.45, 7) is 9.08. The van der Waals surface area contributed by atoms with Crippen molar-refractivity contribution in [3.8, 4) is 5.75 Å². The number of morpholine rings is 1. The van der Waals surface area contributed by atoms with E-state index < -0.39 is 22.7 Å². The van der Waals surface area contributed by atoms with Gasteiger partial charge in [0, 0.05) is 43.9 Å². The number of aliphatic hydroxyl groups is 1. The van der Waals surface area contributed by atoms with E-state index in [0.717, 1.165) is 18.7 Å². The van der Waals surface area contributed by atoms with Gasteiger partial charge in [-0.15, -0.1) is 0 Å². The van der Waals surface area contributed by atoms with Crippen LogP contribution in [0.4, 0.5) is 5.69 Å². The number of nitrogens with zero attached hydrogens (tertiary/aromatic N) is 3. The largest absolute Gasteiger partial charge is 0.507 e. The van der Waals surface area contributed by atoms with Crippen LogP contribution in [0.5, 0.6) is 5.75 Å². The number of nitro benzene ring substituents is 1. The van der Waals surface area contributed by atoms with Crippen LogP contribution in [0.15, 0.2) is 48.0 Å². The monoisotopic (exact) mass is 509 g/mol. The number of aryl methyl sites for hydroxylation is 1. The average molecular weight is 510 g/mol. The molecular formula is C27H31N3O7. The Balaban J connectivity index is 1.74. The molecule has 2 aliphatic rings. The normalized spacial score (nSPS) is 20.0. The lowest BCUT2D eigenvalue weighted by molar-refractivity contribution is -0.384. The zero-order valence-corrected chi connectivity index (χ0v) is 21.2. The van der Waals surface area contributed by atoms with Crippen LogP contribution in [0.25, 0.3) is 5.76 Å². The van der Waals surface area contributed by atoms with Crippen LogP contribution in [-0.2, 0) is 14.3 Å². The number of Topliss-reactive ketones (excluding diaryl/α,β-unsaturated/α-hetero) is 1. The van der Waals surface area contributed by atoms with Gasteiger partial charge < -0.3 is 19.5 Å². The Kier molecular flexibility index (Phi) is 7.89. The molecule has 2 fully saturated rings. The van der Waals surface area contributed by atoms with Crippen molar-refractivity contribution in [2.75, 3.05) is 39.4 Å². The zero-order chi connectivity index (χ0) is 26.7. The number of amides is 1. The molecule has 37 heavy (non-hydrogen) atoms. The second-order valence-corrected chi connectivity index (χ2v) is 9.44. The SMILES string of the molecule is Cc1cc(/C(O)=C2\C(=O)C(=O)N(CCN3CCOCC3)[C@@H]2c2ccc([N+](=O)[O-])cc2)ccc1OC(C)C. The number of ketones is 1. The highest BCUT2D eigenvalue weighted by molar-refractivity contribution is 6.46. The Hall–Kier alpha value is -3.76. The van der Waals surface area contributed by atoms with Crippen molar-refractivity contribution < 1.29 is 29.1 Å². The Labute approximate surface area is 215 Å². The summed E-state index contributed by atoms with van der Waals surface area (Å²) < 4.78 is 11.2. The van der Waals surface area contributed by atoms with E-state index in [4.69, 9.17) is 9.47 Å². The maximum atomic E-state index is 13.3. The van der Waals surface area contributed by atoms with Crippen LogP contribution < -0.4 is 4.74 Å². The summed E-state index contributed by atoms with van der Waals surface area (Å²) >= 11 is 0. The third kappa shape index (κ3) is 5.65. The van der Waals surface area contributed by atoms with Gasteiger partial charge in [0.05, 0.1) is 35.9 Å². The first-order valence-electron chi connectivity index (χ1n) is 12.3. The number of non-ortho nitro benzene ring substituents is 1. The minimum absolute atomic E-state index is 0.0305. The molecule has 4 rings (SSSR count). The molecule has 2 aromatic carbocycles. The van der Waals surface area contributed by atoms with E-state index in [1.54, 1.807) is 18.2 Å². The van der Waals surface area contributed by atoms with E-state index in [1.807, 2.05) is 20.8 Å². The number of carbonyl (C=O) groups is 2. The molecule has 2 aliphatic heterocycles. The highest BCUT2D eigenvalue weighted by Crippen LogP contribution is 2.40. The minimum Gasteiger partial charge on any atom is -0.507 e. The van der Waals surface area contributed by atoms with Crippen LogP contribution in [-0.4, -0.2) is 77.0 Å². The molecule has 196 valence electrons. The van der Waals surface area contributed by atoms with Crippen LogP contribution in [0.1, 0.15) is 36.6 Å². The van der Waals surface area contributed by atoms with E-state index in [-0.39, 0.29) is 29.7 Å². The Morgan fingerprint density at radius 1 is 1.14 bits per heavy atom. The summed E-state index contributed by atoms with van der Waals surface area (Å²) in [5, 5.41) is 22.5. The average Bonchev–Trinajstić information content (AvgIpc) is 3.13. The van der Waals surface area contributed by atoms with Crippen LogP contribution in [0.3, 0.4) is 0 Å². The van der Waals surface area contributed by atoms with Crippen molar-refractivity contribution in [3.63, 3.8) is 0 Å². The predicted molar refractivity (Wildman–Crippen MR) is 136 cm³/mol. The minimum atomic E-state index is -0.881. The van der Waals surface area contributed by atoms with Crippen molar-refractivity contribution in [1.29, 1.82) is 0 Å². The lowest BCUT2D eigenvalue weighted by Crippen LogP contribution is -2.42. The number of ether oxygens (including phenoxy) is 2. The zero-order valence-electron chi connectivity index (χ0n) is 21.2. The van der Waals surface area contributed by atoms with Gasteiger partial charge in [-0.2, -0.15) is 0 Å². The summed E-state index contributed by atoms with van der Waals surface area (Å²) in [6, 6.07) is 9.91. The summed E-state index contributed by atoms with van der Waals surface area (Å²) in [5.74, 6) is -1.14. The molecule has 0 aromatic heterocycles. The van der Waals surface area contributed by atoms with E-state index in [2.05, 4.69) is 4.90 Å². The number of carbonyl (C=O) groups excluding carboxylic acids is 2. The van der Waals surface area contributed by atoms with Crippen LogP contribution in [0.2, 0.25) is 0 Å². The van der Waals surface area contributed by atoms with E-state index in [9.17, 15) is 24.8 Å². The Morgan fingerprint density at radius 2 is 1.81 bits per heavy atom. The molecule has 0 unspecified atom stereocenters. The maximum Gasteiger partial charge on any atom is 0.295 e. The summed E-state index contributed by atoms with van der Waals surface area (Å²) in [7, 11) is 0. The van der Waals surface area contributed by atoms with Crippen molar-refractivity contribution in [2.45, 2.75) is 32.9 Å². The smallest absolute Gasteiger partial charge is 0.295 e. The molecule has 1 N–H and O–H groups in total. The first-order chi connectivity index (χ1) is 17.7. The van der Waals surface area contributed by atoms with Crippen molar-refractivity contribution in [3.05, 3.63) is 74.8 Å². The highest BCUT2D eigenvalue weighted by atomic mass is 16.6. The fourth-order valence-corrected chi connectivity index (χ4v) is 4.65. The second kappa shape index (κ2) is 11.1. The number of hydrogen-bond donors (Lipinski definition) is 1. The lowest BCUT2D eigenvalue weighted by atomic mass is 9.94. The fourth-order valence-electron chi connectivity index (χ4n) is 4.65. The molecule has 0 bridgehead atoms. The molecule has 0 radical (unpaired) electrons. The molecule has 0 aliphatic carbocycles. The van der Waals surface area contributed by atoms with Crippen molar-refractivity contribution in [2.24, 2.45) is 0 Å². The number of benzene rings is 2. The standard InChI is InChI=1S/C27H31N3O7/c1-17(2)37-22-9-6-20(16-18(22)3)25(31)23-24(19-4-7-21(8-5-19)30(34)35)29(27(33)26(23)32)11-10-28-12-14-36-15-13-28/h4-9,16-17,24,31H,10-15H2,1-3H3/b25-23+/t24-/m1/s1. The van der Waals surface area contributed by atoms with Crippen LogP contribution in [0, 0.1) is 17.0 Å². The van der Waals surface area contributed by atoms with E-state index in [1.165, 1.54) is 29.2 Å². The van der Waals surface area contributed by atoms with Gasteiger partial charge >= 0.3 is 0 Å². The quantitative estimate of drug-likeness (QED) is 0.189. The van der Waals surface area contributed by atoms with Gasteiger partial charge in [-0.05, 0) is 62.2 Å². The second-order valence-electron chi connectivity index (χ2n) is 9.44. The molecule has 10 heteroatoms. The molecular weight excluding hydrogens is 478 g/mol. The van der Waals surface area contributed by atoms with Crippen molar-refractivity contribution in [1.82, 2.24) is 9.80 Å². The van der Waals surface area contributed by atoms with Gasteiger partial charge in [-0.1, -0.05) is 0 Å². The molecule has 0 spiro atoms. The molecule has 2 aromatic rings. The molecule has 10 nitrogen and oxygen atoms in total. The van der Waals surface area contributed by atoms with E-state index in [0.29, 0.717) is 36.6 Å². The lowest BCUT2D eigenvalue weighted by Gasteiger charge is -2.31. The molecule has 1 atom stereocenters. The first kappa shape index (κ1) is 26.3. The molecule has 1 amide bonds. The third-order valence-corrected chi connectivity index (χ3v) is 6.53. The Morgan fingerprint density at radius 3 is 2.41 bits per heavy atom. The van der Waals surface area contributed by atoms with Gasteiger partial charge in [-0.3, -0.25) is 24.6 Å². The number of likely N-dealkylation sites (tertiary alicyclic amines) is 1. The van der Waals surface area contributed by atoms with Crippen molar-refractivity contribution >= 4 is 23.1 Å². The maximum absolute atomic E-state index is 13.3. The molecule has 2 heterocycles. The van der Waals surface area contributed by atoms with Gasteiger partial charge in [0.15, 0.2) is 0 Å². The topological polar surface area (TPSA) is 122 Å². The number of nitro groups is 1. The Bertz CT molecular complexity index is 1220. The first-order valence-corrected chi connectivity index (χ1v) is 12.3. The van der Waals surface area contributed by atoms with Gasteiger partial charge in [0.2, 0.25) is 0 Å². The summed E-state index contributed by atoms with van der Waals surface area (Å²) in [5.41, 5.74) is 1.51. The summed E-state index contributed by atoms with van der Waals surface area (Å²) in [4.78, 5) is 40.7. The summed E-state index contributed by atoms with van der Waals surface area (Å²) in [6.07, 6.45) is -0.0305. The number of rotatable bonds is 8. The fraction of sp³-hybridized carbons (Fsp3) is 0.407. The van der Waals surface area contributed by atoms with E-state index >= 15 is 0 Å². The predicted octanol–water partition coefficient (Wildman–Crippen LogP) is 3.44. The molecule has 0 saturated carbocycles. The van der Waals surface area contributed by atoms with Crippen LogP contribution >= 0.6 is 0 Å².